The fourth-order valence-corrected chi connectivity index (χ4v) is 3.84. The number of hydrogen-bond donors (Lipinski definition) is 1. The second-order valence-electron chi connectivity index (χ2n) is 8.92. The molecule has 212 valence electrons. The van der Waals surface area contributed by atoms with Crippen LogP contribution in [-0.4, -0.2) is 30.3 Å². The van der Waals surface area contributed by atoms with Crippen molar-refractivity contribution in [3.8, 4) is 11.5 Å². The van der Waals surface area contributed by atoms with Gasteiger partial charge in [0.25, 0.3) is 0 Å². The van der Waals surface area contributed by atoms with Crippen molar-refractivity contribution in [1.29, 1.82) is 0 Å². The number of alkyl halides is 7. The van der Waals surface area contributed by atoms with Crippen LogP contribution in [0.4, 0.5) is 36.4 Å². The highest BCUT2D eigenvalue weighted by atomic mass is 19.4. The number of hydrogen-bond acceptors (Lipinski definition) is 4. The quantitative estimate of drug-likeness (QED) is 0.218. The summed E-state index contributed by atoms with van der Waals surface area (Å²) in [6.45, 7) is 2.04. The molecule has 0 radical (unpaired) electrons. The normalized spacial score (nSPS) is 12.9. The maximum Gasteiger partial charge on any atom is 0.461 e. The average molecular weight is 560 g/mol. The Bertz CT molecular complexity index is 1200. The largest absolute Gasteiger partial charge is 0.489 e. The number of aliphatic hydroxyl groups is 1. The number of halogens is 7. The molecule has 3 aromatic carbocycles. The third-order valence-electron chi connectivity index (χ3n) is 5.68. The van der Waals surface area contributed by atoms with Gasteiger partial charge in [-0.1, -0.05) is 43.7 Å². The molecule has 0 heterocycles. The van der Waals surface area contributed by atoms with E-state index in [0.29, 0.717) is 35.4 Å². The molecule has 3 aromatic rings. The molecular weight excluding hydrogens is 531 g/mol. The smallest absolute Gasteiger partial charge is 0.461 e. The Labute approximate surface area is 221 Å². The molecule has 0 fully saturated rings. The Morgan fingerprint density at radius 1 is 0.846 bits per heavy atom. The molecule has 11 heteroatoms. The standard InChI is InChI=1S/C28H28F7NO3/c1-2-6-23(37)17-36(16-19-7-4-12-25(14-19)39-28(34,35)26(29)30)22-10-5-11-24(15-22)38-18-20-8-3-9-21(13-20)27(31,32)33/h3-5,7-15,23,26,37H,2,6,16-18H2,1H3. The van der Waals surface area contributed by atoms with Gasteiger partial charge in [-0.3, -0.25) is 0 Å². The van der Waals surface area contributed by atoms with E-state index in [4.69, 9.17) is 4.74 Å². The zero-order valence-electron chi connectivity index (χ0n) is 21.0. The molecule has 0 saturated heterocycles. The predicted octanol–water partition coefficient (Wildman–Crippen LogP) is 7.69. The van der Waals surface area contributed by atoms with Gasteiger partial charge < -0.3 is 19.5 Å². The van der Waals surface area contributed by atoms with Gasteiger partial charge in [0.15, 0.2) is 0 Å². The van der Waals surface area contributed by atoms with E-state index in [9.17, 15) is 35.8 Å². The van der Waals surface area contributed by atoms with Gasteiger partial charge in [0.05, 0.1) is 11.7 Å². The maximum atomic E-state index is 13.4. The molecule has 39 heavy (non-hydrogen) atoms. The Hall–Kier alpha value is -3.47. The molecule has 0 aliphatic rings. The number of ether oxygens (including phenoxy) is 2. The maximum absolute atomic E-state index is 13.4. The summed E-state index contributed by atoms with van der Waals surface area (Å²) in [6, 6.07) is 16.8. The molecule has 0 spiro atoms. The second kappa shape index (κ2) is 13.1. The van der Waals surface area contributed by atoms with E-state index in [1.165, 1.54) is 24.3 Å². The third kappa shape index (κ3) is 9.05. The van der Waals surface area contributed by atoms with Crippen molar-refractivity contribution >= 4 is 5.69 Å². The van der Waals surface area contributed by atoms with Crippen LogP contribution in [0.3, 0.4) is 0 Å². The van der Waals surface area contributed by atoms with Crippen molar-refractivity contribution in [1.82, 2.24) is 0 Å². The van der Waals surface area contributed by atoms with Gasteiger partial charge >= 0.3 is 18.7 Å². The van der Waals surface area contributed by atoms with Gasteiger partial charge in [0, 0.05) is 24.8 Å². The third-order valence-corrected chi connectivity index (χ3v) is 5.68. The van der Waals surface area contributed by atoms with Crippen molar-refractivity contribution in [2.75, 3.05) is 11.4 Å². The molecule has 0 amide bonds. The molecule has 0 aliphatic carbocycles. The molecule has 4 nitrogen and oxygen atoms in total. The number of anilines is 1. The van der Waals surface area contributed by atoms with Crippen molar-refractivity contribution in [3.63, 3.8) is 0 Å². The van der Waals surface area contributed by atoms with Crippen LogP contribution in [0.25, 0.3) is 0 Å². The number of aliphatic hydroxyl groups excluding tert-OH is 1. The Balaban J connectivity index is 1.80. The number of benzene rings is 3. The molecule has 0 aromatic heterocycles. The van der Waals surface area contributed by atoms with E-state index in [-0.39, 0.29) is 19.7 Å². The van der Waals surface area contributed by atoms with Crippen molar-refractivity contribution in [2.45, 2.75) is 57.7 Å². The molecule has 0 bridgehead atoms. The molecule has 0 aliphatic heterocycles. The Morgan fingerprint density at radius 2 is 1.51 bits per heavy atom. The summed E-state index contributed by atoms with van der Waals surface area (Å²) in [5.41, 5.74) is 0.571. The number of nitrogens with zero attached hydrogens (tertiary/aromatic N) is 1. The summed E-state index contributed by atoms with van der Waals surface area (Å²) in [6.07, 6.45) is -12.7. The van der Waals surface area contributed by atoms with Crippen LogP contribution < -0.4 is 14.4 Å². The van der Waals surface area contributed by atoms with Crippen LogP contribution in [-0.2, 0) is 19.3 Å². The fourth-order valence-electron chi connectivity index (χ4n) is 3.84. The number of rotatable bonds is 13. The molecular formula is C28H28F7NO3. The summed E-state index contributed by atoms with van der Waals surface area (Å²) >= 11 is 0. The minimum atomic E-state index is -4.65. The zero-order valence-corrected chi connectivity index (χ0v) is 21.0. The summed E-state index contributed by atoms with van der Waals surface area (Å²) in [7, 11) is 0. The Morgan fingerprint density at radius 3 is 2.21 bits per heavy atom. The van der Waals surface area contributed by atoms with E-state index in [0.717, 1.165) is 18.2 Å². The summed E-state index contributed by atoms with van der Waals surface area (Å²) in [5, 5.41) is 10.5. The lowest BCUT2D eigenvalue weighted by atomic mass is 10.1. The van der Waals surface area contributed by atoms with Crippen LogP contribution in [0, 0.1) is 0 Å². The average Bonchev–Trinajstić information content (AvgIpc) is 2.87. The van der Waals surface area contributed by atoms with Crippen LogP contribution in [0.5, 0.6) is 11.5 Å². The highest BCUT2D eigenvalue weighted by molar-refractivity contribution is 5.51. The van der Waals surface area contributed by atoms with Crippen LogP contribution in [0.15, 0.2) is 72.8 Å². The van der Waals surface area contributed by atoms with Gasteiger partial charge in [-0.05, 0) is 53.9 Å². The van der Waals surface area contributed by atoms with Gasteiger partial charge in [0.1, 0.15) is 18.1 Å². The first kappa shape index (κ1) is 30.1. The SMILES string of the molecule is CCCC(O)CN(Cc1cccc(OC(F)(F)C(F)F)c1)c1cccc(OCc2cccc(C(F)(F)F)c2)c1. The van der Waals surface area contributed by atoms with E-state index in [1.54, 1.807) is 35.2 Å². The molecule has 3 rings (SSSR count). The lowest BCUT2D eigenvalue weighted by molar-refractivity contribution is -0.253. The molecule has 1 unspecified atom stereocenters. The topological polar surface area (TPSA) is 41.9 Å². The first-order chi connectivity index (χ1) is 18.4. The summed E-state index contributed by atoms with van der Waals surface area (Å²) in [4.78, 5) is 1.75. The zero-order chi connectivity index (χ0) is 28.6. The highest BCUT2D eigenvalue weighted by Gasteiger charge is 2.44. The van der Waals surface area contributed by atoms with Gasteiger partial charge in [-0.15, -0.1) is 0 Å². The second-order valence-corrected chi connectivity index (χ2v) is 8.92. The first-order valence-electron chi connectivity index (χ1n) is 12.1. The van der Waals surface area contributed by atoms with E-state index < -0.39 is 36.1 Å². The predicted molar refractivity (Wildman–Crippen MR) is 132 cm³/mol. The van der Waals surface area contributed by atoms with Crippen molar-refractivity contribution in [3.05, 3.63) is 89.5 Å². The van der Waals surface area contributed by atoms with E-state index in [1.807, 2.05) is 6.92 Å². The lowest BCUT2D eigenvalue weighted by Gasteiger charge is -2.28. The molecule has 0 saturated carbocycles. The van der Waals surface area contributed by atoms with Gasteiger partial charge in [-0.2, -0.15) is 30.7 Å². The van der Waals surface area contributed by atoms with Crippen LogP contribution >= 0.6 is 0 Å². The first-order valence-corrected chi connectivity index (χ1v) is 12.1. The van der Waals surface area contributed by atoms with Gasteiger partial charge in [-0.25, -0.2) is 0 Å². The fraction of sp³-hybridized carbons (Fsp3) is 0.357. The minimum Gasteiger partial charge on any atom is -0.489 e. The summed E-state index contributed by atoms with van der Waals surface area (Å²) in [5.74, 6) is -0.0846. The highest BCUT2D eigenvalue weighted by Crippen LogP contribution is 2.31. The van der Waals surface area contributed by atoms with E-state index >= 15 is 0 Å². The summed E-state index contributed by atoms with van der Waals surface area (Å²) < 4.78 is 101. The molecule has 1 N–H and O–H groups in total. The van der Waals surface area contributed by atoms with Crippen LogP contribution in [0.2, 0.25) is 0 Å². The van der Waals surface area contributed by atoms with Crippen molar-refractivity contribution in [2.24, 2.45) is 0 Å². The lowest BCUT2D eigenvalue weighted by Crippen LogP contribution is -2.33. The monoisotopic (exact) mass is 559 g/mol. The van der Waals surface area contributed by atoms with Crippen LogP contribution in [0.1, 0.15) is 36.5 Å². The van der Waals surface area contributed by atoms with Crippen molar-refractivity contribution < 1.29 is 45.3 Å². The minimum absolute atomic E-state index is 0.106. The van der Waals surface area contributed by atoms with Gasteiger partial charge in [0.2, 0.25) is 0 Å². The van der Waals surface area contributed by atoms with E-state index in [2.05, 4.69) is 4.74 Å². The Kier molecular flexibility index (Phi) is 10.1. The molecule has 1 atom stereocenters.